The minimum Gasteiger partial charge on any atom is -0.497 e. The molecule has 206 valence electrons. The van der Waals surface area contributed by atoms with Gasteiger partial charge in [-0.25, -0.2) is 0 Å². The minimum absolute atomic E-state index is 0.0462. The van der Waals surface area contributed by atoms with Crippen molar-refractivity contribution in [2.45, 2.75) is 44.2 Å². The molecule has 0 saturated carbocycles. The molecule has 7 heteroatoms. The molecule has 3 aromatic rings. The largest absolute Gasteiger partial charge is 0.497 e. The van der Waals surface area contributed by atoms with E-state index in [1.54, 1.807) is 28.4 Å². The summed E-state index contributed by atoms with van der Waals surface area (Å²) >= 11 is 0. The van der Waals surface area contributed by atoms with E-state index in [0.29, 0.717) is 24.5 Å². The SMILES string of the molecule is COc1cc2c(c(OC)c1)C(Cc1ccc(OC)c(OC)c1)N(CC(=O)NC1CCCc3ccccc31)CC2. The molecular weight excluding hydrogens is 492 g/mol. The fourth-order valence-electron chi connectivity index (χ4n) is 6.11. The van der Waals surface area contributed by atoms with Crippen molar-refractivity contribution in [1.29, 1.82) is 0 Å². The van der Waals surface area contributed by atoms with Gasteiger partial charge in [0.15, 0.2) is 11.5 Å². The van der Waals surface area contributed by atoms with Gasteiger partial charge < -0.3 is 24.3 Å². The van der Waals surface area contributed by atoms with E-state index in [4.69, 9.17) is 18.9 Å². The van der Waals surface area contributed by atoms with E-state index in [0.717, 1.165) is 54.9 Å². The van der Waals surface area contributed by atoms with Gasteiger partial charge in [-0.05, 0) is 72.6 Å². The van der Waals surface area contributed by atoms with Crippen molar-refractivity contribution in [1.82, 2.24) is 10.2 Å². The highest BCUT2D eigenvalue weighted by atomic mass is 16.5. The normalized spacial score (nSPS) is 18.5. The Kier molecular flexibility index (Phi) is 8.27. The molecule has 2 aliphatic rings. The Morgan fingerprint density at radius 2 is 1.67 bits per heavy atom. The third-order valence-corrected chi connectivity index (χ3v) is 8.03. The molecule has 0 spiro atoms. The third kappa shape index (κ3) is 5.69. The van der Waals surface area contributed by atoms with Crippen molar-refractivity contribution in [3.63, 3.8) is 0 Å². The first-order chi connectivity index (χ1) is 19.0. The van der Waals surface area contributed by atoms with Gasteiger partial charge in [-0.1, -0.05) is 30.3 Å². The van der Waals surface area contributed by atoms with Crippen molar-refractivity contribution in [3.8, 4) is 23.0 Å². The number of nitrogens with one attached hydrogen (secondary N) is 1. The van der Waals surface area contributed by atoms with E-state index >= 15 is 0 Å². The van der Waals surface area contributed by atoms with Gasteiger partial charge in [0, 0.05) is 24.2 Å². The average Bonchev–Trinajstić information content (AvgIpc) is 2.97. The van der Waals surface area contributed by atoms with Crippen LogP contribution in [-0.4, -0.2) is 52.3 Å². The maximum Gasteiger partial charge on any atom is 0.234 e. The Morgan fingerprint density at radius 3 is 2.44 bits per heavy atom. The van der Waals surface area contributed by atoms with Crippen LogP contribution in [0.5, 0.6) is 23.0 Å². The first-order valence-electron chi connectivity index (χ1n) is 13.6. The molecule has 0 aromatic heterocycles. The van der Waals surface area contributed by atoms with Crippen molar-refractivity contribution in [3.05, 3.63) is 82.4 Å². The fourth-order valence-corrected chi connectivity index (χ4v) is 6.11. The lowest BCUT2D eigenvalue weighted by atomic mass is 9.87. The van der Waals surface area contributed by atoms with Gasteiger partial charge in [0.05, 0.1) is 41.0 Å². The first kappa shape index (κ1) is 26.9. The second kappa shape index (κ2) is 12.0. The number of hydrogen-bond acceptors (Lipinski definition) is 6. The Morgan fingerprint density at radius 1 is 0.872 bits per heavy atom. The summed E-state index contributed by atoms with van der Waals surface area (Å²) in [4.78, 5) is 15.8. The molecule has 1 aliphatic carbocycles. The van der Waals surface area contributed by atoms with E-state index in [-0.39, 0.29) is 18.0 Å². The van der Waals surface area contributed by atoms with E-state index in [1.807, 2.05) is 18.2 Å². The van der Waals surface area contributed by atoms with Crippen molar-refractivity contribution >= 4 is 5.91 Å². The Bertz CT molecular complexity index is 1310. The van der Waals surface area contributed by atoms with E-state index in [1.165, 1.54) is 16.7 Å². The first-order valence-corrected chi connectivity index (χ1v) is 13.6. The second-order valence-corrected chi connectivity index (χ2v) is 10.2. The Balaban J connectivity index is 1.43. The van der Waals surface area contributed by atoms with Gasteiger partial charge in [-0.2, -0.15) is 0 Å². The van der Waals surface area contributed by atoms with Crippen molar-refractivity contribution in [2.75, 3.05) is 41.5 Å². The number of benzene rings is 3. The number of nitrogens with zero attached hydrogens (tertiary/aromatic N) is 1. The Labute approximate surface area is 231 Å². The van der Waals surface area contributed by atoms with E-state index in [2.05, 4.69) is 46.6 Å². The van der Waals surface area contributed by atoms with Crippen molar-refractivity contribution in [2.24, 2.45) is 0 Å². The van der Waals surface area contributed by atoms with E-state index in [9.17, 15) is 4.79 Å². The monoisotopic (exact) mass is 530 g/mol. The van der Waals surface area contributed by atoms with Gasteiger partial charge >= 0.3 is 0 Å². The summed E-state index contributed by atoms with van der Waals surface area (Å²) in [5.74, 6) is 2.98. The summed E-state index contributed by atoms with van der Waals surface area (Å²) in [7, 11) is 6.64. The maximum absolute atomic E-state index is 13.5. The van der Waals surface area contributed by atoms with Gasteiger partial charge in [-0.15, -0.1) is 0 Å². The number of ether oxygens (including phenoxy) is 4. The van der Waals surface area contributed by atoms with Crippen LogP contribution in [0.2, 0.25) is 0 Å². The van der Waals surface area contributed by atoms with Crippen LogP contribution >= 0.6 is 0 Å². The summed E-state index contributed by atoms with van der Waals surface area (Å²) < 4.78 is 22.4. The quantitative estimate of drug-likeness (QED) is 0.417. The third-order valence-electron chi connectivity index (χ3n) is 8.03. The molecule has 0 fully saturated rings. The zero-order valence-corrected chi connectivity index (χ0v) is 23.3. The lowest BCUT2D eigenvalue weighted by Gasteiger charge is -2.38. The number of carbonyl (C=O) groups excluding carboxylic acids is 1. The van der Waals surface area contributed by atoms with Crippen LogP contribution in [0.4, 0.5) is 0 Å². The van der Waals surface area contributed by atoms with Crippen molar-refractivity contribution < 1.29 is 23.7 Å². The topological polar surface area (TPSA) is 69.3 Å². The Hall–Kier alpha value is -3.71. The van der Waals surface area contributed by atoms with Gasteiger partial charge in [-0.3, -0.25) is 9.69 Å². The number of amides is 1. The van der Waals surface area contributed by atoms with Crippen LogP contribution in [0.3, 0.4) is 0 Å². The number of aryl methyl sites for hydroxylation is 1. The maximum atomic E-state index is 13.5. The highest BCUT2D eigenvalue weighted by molar-refractivity contribution is 5.79. The lowest BCUT2D eigenvalue weighted by molar-refractivity contribution is -0.123. The van der Waals surface area contributed by atoms with E-state index < -0.39 is 0 Å². The number of carbonyl (C=O) groups is 1. The molecule has 1 heterocycles. The minimum atomic E-state index is -0.0582. The van der Waals surface area contributed by atoms with Gasteiger partial charge in [0.1, 0.15) is 11.5 Å². The number of methoxy groups -OCH3 is 4. The number of hydrogen-bond donors (Lipinski definition) is 1. The second-order valence-electron chi connectivity index (χ2n) is 10.2. The zero-order valence-electron chi connectivity index (χ0n) is 23.3. The number of fused-ring (bicyclic) bond motifs is 2. The highest BCUT2D eigenvalue weighted by Gasteiger charge is 2.33. The molecule has 39 heavy (non-hydrogen) atoms. The molecule has 0 bridgehead atoms. The standard InChI is InChI=1S/C32H38N2O5/c1-36-24-18-23-14-15-34(20-31(35)33-26-11-7-9-22-8-5-6-10-25(22)26)27(32(23)30(19-24)39-4)16-21-12-13-28(37-2)29(17-21)38-3/h5-6,8,10,12-13,17-19,26-27H,7,9,11,14-16,20H2,1-4H3,(H,33,35). The summed E-state index contributed by atoms with van der Waals surface area (Å²) in [6.45, 7) is 1.07. The van der Waals surface area contributed by atoms with Crippen LogP contribution < -0.4 is 24.3 Å². The predicted molar refractivity (Wildman–Crippen MR) is 151 cm³/mol. The molecule has 1 aliphatic heterocycles. The summed E-state index contributed by atoms with van der Waals surface area (Å²) in [6, 6.07) is 18.5. The molecule has 0 radical (unpaired) electrons. The lowest BCUT2D eigenvalue weighted by Crippen LogP contribution is -2.44. The van der Waals surface area contributed by atoms with Gasteiger partial charge in [0.2, 0.25) is 5.91 Å². The van der Waals surface area contributed by atoms with Crippen LogP contribution in [0, 0.1) is 0 Å². The molecular formula is C32H38N2O5. The summed E-state index contributed by atoms with van der Waals surface area (Å²) in [5.41, 5.74) is 5.97. The summed E-state index contributed by atoms with van der Waals surface area (Å²) in [5, 5.41) is 3.34. The molecule has 2 atom stereocenters. The van der Waals surface area contributed by atoms with Crippen LogP contribution in [-0.2, 0) is 24.1 Å². The molecule has 5 rings (SSSR count). The molecule has 2 unspecified atom stereocenters. The van der Waals surface area contributed by atoms with Crippen LogP contribution in [0.25, 0.3) is 0 Å². The molecule has 1 amide bonds. The van der Waals surface area contributed by atoms with Crippen LogP contribution in [0.1, 0.15) is 52.7 Å². The molecule has 7 nitrogen and oxygen atoms in total. The summed E-state index contributed by atoms with van der Waals surface area (Å²) in [6.07, 6.45) is 4.62. The highest BCUT2D eigenvalue weighted by Crippen LogP contribution is 2.42. The smallest absolute Gasteiger partial charge is 0.234 e. The molecule has 1 N–H and O–H groups in total. The zero-order chi connectivity index (χ0) is 27.4. The molecule has 3 aromatic carbocycles. The molecule has 0 saturated heterocycles. The fraction of sp³-hybridized carbons (Fsp3) is 0.406. The van der Waals surface area contributed by atoms with Crippen LogP contribution in [0.15, 0.2) is 54.6 Å². The predicted octanol–water partition coefficient (Wildman–Crippen LogP) is 5.06. The number of rotatable bonds is 9. The van der Waals surface area contributed by atoms with Gasteiger partial charge in [0.25, 0.3) is 0 Å². The average molecular weight is 531 g/mol.